The van der Waals surface area contributed by atoms with Gasteiger partial charge in [-0.15, -0.1) is 0 Å². The van der Waals surface area contributed by atoms with Crippen LogP contribution in [0, 0.1) is 0 Å². The molecule has 9 heteroatoms. The molecule has 0 radical (unpaired) electrons. The predicted molar refractivity (Wildman–Crippen MR) is 173 cm³/mol. The lowest BCUT2D eigenvalue weighted by atomic mass is 9.92. The van der Waals surface area contributed by atoms with E-state index >= 15 is 0 Å². The van der Waals surface area contributed by atoms with Gasteiger partial charge >= 0.3 is 0 Å². The minimum Gasteiger partial charge on any atom is -0.492 e. The number of hydrogen-bond acceptors (Lipinski definition) is 7. The normalized spacial score (nSPS) is 14.7. The smallest absolute Gasteiger partial charge is 0.257 e. The standard InChI is InChI=1S/C34H41N7O2/c1-6-22-10-8-11-23(7-2)29(22)37-33(42)26-21-40(4)31-25(26)15-14-24-20-35-34(38-30(24)31)36-27-12-9-13-28(32(27)43-5)41-18-16-39(3)17-19-41/h8-13,20-21H,6-7,14-19H2,1-5H3,(H,37,42)(H,35,36,38). The van der Waals surface area contributed by atoms with Gasteiger partial charge in [0.25, 0.3) is 5.91 Å². The average Bonchev–Trinajstić information content (AvgIpc) is 3.38. The number of hydrogen-bond donors (Lipinski definition) is 2. The lowest BCUT2D eigenvalue weighted by Gasteiger charge is -2.35. The molecule has 0 saturated carbocycles. The molecule has 1 aliphatic carbocycles. The Balaban J connectivity index is 1.30. The Morgan fingerprint density at radius 1 is 0.977 bits per heavy atom. The SMILES string of the molecule is CCc1cccc(CC)c1NC(=O)c1cn(C)c2c1CCc1cnc(Nc3cccc(N4CCN(C)CC4)c3OC)nc1-2. The zero-order valence-electron chi connectivity index (χ0n) is 25.8. The van der Waals surface area contributed by atoms with E-state index in [1.54, 1.807) is 7.11 Å². The monoisotopic (exact) mass is 579 g/mol. The van der Waals surface area contributed by atoms with E-state index in [0.717, 1.165) is 108 Å². The highest BCUT2D eigenvalue weighted by molar-refractivity contribution is 6.07. The van der Waals surface area contributed by atoms with Crippen LogP contribution in [-0.4, -0.2) is 65.7 Å². The summed E-state index contributed by atoms with van der Waals surface area (Å²) in [5, 5.41) is 6.69. The summed E-state index contributed by atoms with van der Waals surface area (Å²) in [5.41, 5.74) is 9.76. The molecule has 224 valence electrons. The fraction of sp³-hybridized carbons (Fsp3) is 0.382. The number of nitrogens with zero attached hydrogens (tertiary/aromatic N) is 5. The number of methoxy groups -OCH3 is 1. The first-order valence-electron chi connectivity index (χ1n) is 15.3. The molecule has 0 unspecified atom stereocenters. The summed E-state index contributed by atoms with van der Waals surface area (Å²) in [6, 6.07) is 12.4. The second-order valence-electron chi connectivity index (χ2n) is 11.4. The number of anilines is 4. The van der Waals surface area contributed by atoms with Crippen LogP contribution >= 0.6 is 0 Å². The fourth-order valence-electron chi connectivity index (χ4n) is 6.39. The van der Waals surface area contributed by atoms with Crippen LogP contribution in [-0.2, 0) is 32.7 Å². The number of benzene rings is 2. The number of nitrogens with one attached hydrogen (secondary N) is 2. The highest BCUT2D eigenvalue weighted by Gasteiger charge is 2.28. The van der Waals surface area contributed by atoms with Gasteiger partial charge in [-0.3, -0.25) is 4.79 Å². The third-order valence-corrected chi connectivity index (χ3v) is 8.79. The Kier molecular flexibility index (Phi) is 8.08. The molecule has 3 heterocycles. The van der Waals surface area contributed by atoms with Crippen LogP contribution in [0.15, 0.2) is 48.8 Å². The van der Waals surface area contributed by atoms with E-state index in [1.807, 2.05) is 36.1 Å². The summed E-state index contributed by atoms with van der Waals surface area (Å²) in [6.45, 7) is 8.16. The van der Waals surface area contributed by atoms with Crippen molar-refractivity contribution in [3.63, 3.8) is 0 Å². The van der Waals surface area contributed by atoms with Crippen LogP contribution in [0.25, 0.3) is 11.4 Å². The third-order valence-electron chi connectivity index (χ3n) is 8.79. The summed E-state index contributed by atoms with van der Waals surface area (Å²) in [7, 11) is 5.85. The van der Waals surface area contributed by atoms with Gasteiger partial charge in [0.2, 0.25) is 5.95 Å². The highest BCUT2D eigenvalue weighted by atomic mass is 16.5. The van der Waals surface area contributed by atoms with Crippen LogP contribution in [0.2, 0.25) is 0 Å². The number of amides is 1. The number of carbonyl (C=O) groups excluding carboxylic acids is 1. The Labute approximate surface area is 253 Å². The molecule has 1 saturated heterocycles. The number of rotatable bonds is 8. The first-order chi connectivity index (χ1) is 20.9. The third kappa shape index (κ3) is 5.45. The molecule has 2 aliphatic rings. The van der Waals surface area contributed by atoms with E-state index in [4.69, 9.17) is 9.72 Å². The van der Waals surface area contributed by atoms with E-state index in [2.05, 4.69) is 70.6 Å². The van der Waals surface area contributed by atoms with E-state index in [0.29, 0.717) is 11.5 Å². The van der Waals surface area contributed by atoms with Crippen LogP contribution < -0.4 is 20.3 Å². The van der Waals surface area contributed by atoms with Crippen molar-refractivity contribution in [1.29, 1.82) is 0 Å². The maximum Gasteiger partial charge on any atom is 0.257 e. The van der Waals surface area contributed by atoms with Crippen molar-refractivity contribution in [2.45, 2.75) is 39.5 Å². The van der Waals surface area contributed by atoms with Crippen molar-refractivity contribution in [2.75, 3.05) is 55.9 Å². The van der Waals surface area contributed by atoms with Crippen molar-refractivity contribution >= 4 is 28.9 Å². The van der Waals surface area contributed by atoms with Gasteiger partial charge < -0.3 is 29.7 Å². The molecular weight excluding hydrogens is 538 g/mol. The molecule has 43 heavy (non-hydrogen) atoms. The summed E-state index contributed by atoms with van der Waals surface area (Å²) < 4.78 is 7.93. The Morgan fingerprint density at radius 2 is 1.70 bits per heavy atom. The molecule has 0 atom stereocenters. The van der Waals surface area contributed by atoms with E-state index < -0.39 is 0 Å². The van der Waals surface area contributed by atoms with Gasteiger partial charge in [-0.2, -0.15) is 0 Å². The lowest BCUT2D eigenvalue weighted by molar-refractivity contribution is 0.102. The Bertz CT molecular complexity index is 1630. The molecule has 1 fully saturated rings. The fourth-order valence-corrected chi connectivity index (χ4v) is 6.39. The summed E-state index contributed by atoms with van der Waals surface area (Å²) >= 11 is 0. The van der Waals surface area contributed by atoms with Crippen molar-refractivity contribution in [2.24, 2.45) is 7.05 Å². The Morgan fingerprint density at radius 3 is 2.40 bits per heavy atom. The van der Waals surface area contributed by atoms with Crippen LogP contribution in [0.1, 0.15) is 46.5 Å². The van der Waals surface area contributed by atoms with Gasteiger partial charge in [-0.25, -0.2) is 9.97 Å². The first kappa shape index (κ1) is 28.7. The number of likely N-dealkylation sites (N-methyl/N-ethyl adjacent to an activating group) is 1. The number of piperazine rings is 1. The molecule has 2 aromatic heterocycles. The molecule has 9 nitrogen and oxygen atoms in total. The molecule has 0 bridgehead atoms. The molecule has 4 aromatic rings. The largest absolute Gasteiger partial charge is 0.492 e. The molecular formula is C34H41N7O2. The molecule has 1 aliphatic heterocycles. The number of aryl methyl sites for hydroxylation is 4. The van der Waals surface area contributed by atoms with E-state index in [1.165, 1.54) is 0 Å². The molecule has 2 aromatic carbocycles. The number of para-hydroxylation sites is 2. The summed E-state index contributed by atoms with van der Waals surface area (Å²) in [4.78, 5) is 28.1. The minimum atomic E-state index is -0.0752. The molecule has 6 rings (SSSR count). The van der Waals surface area contributed by atoms with Crippen molar-refractivity contribution < 1.29 is 9.53 Å². The van der Waals surface area contributed by atoms with Gasteiger partial charge in [0.1, 0.15) is 0 Å². The summed E-state index contributed by atoms with van der Waals surface area (Å²) in [6.07, 6.45) is 7.11. The van der Waals surface area contributed by atoms with Crippen LogP contribution in [0.4, 0.5) is 23.0 Å². The molecule has 0 spiro atoms. The maximum absolute atomic E-state index is 13.7. The van der Waals surface area contributed by atoms with Crippen molar-refractivity contribution in [3.8, 4) is 17.1 Å². The van der Waals surface area contributed by atoms with E-state index in [9.17, 15) is 4.79 Å². The average molecular weight is 580 g/mol. The highest BCUT2D eigenvalue weighted by Crippen LogP contribution is 2.39. The van der Waals surface area contributed by atoms with Gasteiger partial charge in [0.15, 0.2) is 5.75 Å². The summed E-state index contributed by atoms with van der Waals surface area (Å²) in [5.74, 6) is 1.21. The van der Waals surface area contributed by atoms with Gasteiger partial charge in [0.05, 0.1) is 35.4 Å². The quantitative estimate of drug-likeness (QED) is 0.287. The first-order valence-corrected chi connectivity index (χ1v) is 15.3. The second-order valence-corrected chi connectivity index (χ2v) is 11.4. The van der Waals surface area contributed by atoms with Gasteiger partial charge in [-0.05, 0) is 67.1 Å². The molecule has 2 N–H and O–H groups in total. The lowest BCUT2D eigenvalue weighted by Crippen LogP contribution is -2.44. The maximum atomic E-state index is 13.7. The number of ether oxygens (including phenoxy) is 1. The number of aromatic nitrogens is 3. The zero-order chi connectivity index (χ0) is 30.1. The predicted octanol–water partition coefficient (Wildman–Crippen LogP) is 5.46. The van der Waals surface area contributed by atoms with Crippen LogP contribution in [0.3, 0.4) is 0 Å². The van der Waals surface area contributed by atoms with Crippen molar-refractivity contribution in [3.05, 3.63) is 76.6 Å². The number of fused-ring (bicyclic) bond motifs is 3. The second kappa shape index (κ2) is 12.1. The molecule has 1 amide bonds. The van der Waals surface area contributed by atoms with E-state index in [-0.39, 0.29) is 5.91 Å². The topological polar surface area (TPSA) is 87.6 Å². The minimum absolute atomic E-state index is 0.0752. The van der Waals surface area contributed by atoms with Crippen LogP contribution in [0.5, 0.6) is 5.75 Å². The number of carbonyl (C=O) groups is 1. The Hall–Kier alpha value is -4.37. The van der Waals surface area contributed by atoms with Gasteiger partial charge in [-0.1, -0.05) is 38.1 Å². The van der Waals surface area contributed by atoms with Crippen molar-refractivity contribution in [1.82, 2.24) is 19.4 Å². The zero-order valence-corrected chi connectivity index (χ0v) is 25.8. The van der Waals surface area contributed by atoms with Gasteiger partial charge in [0, 0.05) is 51.3 Å².